The smallest absolute Gasteiger partial charge is 0.262 e. The van der Waals surface area contributed by atoms with Gasteiger partial charge in [0.05, 0.1) is 5.25 Å². The third-order valence-electron chi connectivity index (χ3n) is 5.03. The zero-order valence-corrected chi connectivity index (χ0v) is 19.4. The molecule has 1 unspecified atom stereocenters. The van der Waals surface area contributed by atoms with Gasteiger partial charge in [-0.1, -0.05) is 43.3 Å². The molecule has 2 amide bonds. The van der Waals surface area contributed by atoms with Crippen molar-refractivity contribution in [2.24, 2.45) is 0 Å². The zero-order valence-electron chi connectivity index (χ0n) is 18.6. The molecule has 0 aliphatic rings. The van der Waals surface area contributed by atoms with Gasteiger partial charge in [-0.15, -0.1) is 11.8 Å². The highest BCUT2D eigenvalue weighted by Gasteiger charge is 2.19. The van der Waals surface area contributed by atoms with E-state index in [4.69, 9.17) is 4.74 Å². The molecule has 0 fully saturated rings. The molecule has 32 heavy (non-hydrogen) atoms. The molecular weight excluding hydrogens is 420 g/mol. The Kier molecular flexibility index (Phi) is 8.34. The monoisotopic (exact) mass is 448 g/mol. The Morgan fingerprint density at radius 3 is 2.44 bits per heavy atom. The molecule has 2 N–H and O–H groups in total. The van der Waals surface area contributed by atoms with Crippen molar-refractivity contribution in [1.29, 1.82) is 0 Å². The highest BCUT2D eigenvalue weighted by Crippen LogP contribution is 2.29. The maximum absolute atomic E-state index is 12.9. The van der Waals surface area contributed by atoms with Crippen LogP contribution in [0.4, 0.5) is 11.4 Å². The minimum absolute atomic E-state index is 0.0306. The van der Waals surface area contributed by atoms with E-state index in [1.54, 1.807) is 12.1 Å². The normalized spacial score (nSPS) is 11.5. The van der Waals surface area contributed by atoms with Gasteiger partial charge in [0.2, 0.25) is 5.91 Å². The SMILES string of the molecule is CCC(Sc1cccc(NC(=O)COc2ccccc2)c1)C(=O)Nc1cccc(C)c1C. The first-order valence-electron chi connectivity index (χ1n) is 10.6. The summed E-state index contributed by atoms with van der Waals surface area (Å²) in [5.74, 6) is 0.375. The van der Waals surface area contributed by atoms with Crippen molar-refractivity contribution in [1.82, 2.24) is 0 Å². The van der Waals surface area contributed by atoms with Crippen LogP contribution in [-0.2, 0) is 9.59 Å². The summed E-state index contributed by atoms with van der Waals surface area (Å²) in [6, 6.07) is 22.6. The summed E-state index contributed by atoms with van der Waals surface area (Å²) in [6.45, 7) is 5.96. The molecule has 0 radical (unpaired) electrons. The lowest BCUT2D eigenvalue weighted by Crippen LogP contribution is -2.25. The van der Waals surface area contributed by atoms with E-state index in [-0.39, 0.29) is 23.7 Å². The van der Waals surface area contributed by atoms with Crippen LogP contribution in [-0.4, -0.2) is 23.7 Å². The van der Waals surface area contributed by atoms with Crippen molar-refractivity contribution >= 4 is 35.0 Å². The summed E-state index contributed by atoms with van der Waals surface area (Å²) in [5.41, 5.74) is 3.72. The van der Waals surface area contributed by atoms with E-state index in [1.165, 1.54) is 11.8 Å². The molecule has 1 atom stereocenters. The molecule has 3 aromatic rings. The molecule has 0 aliphatic carbocycles. The fourth-order valence-electron chi connectivity index (χ4n) is 3.10. The number of aryl methyl sites for hydroxylation is 1. The molecule has 0 spiro atoms. The van der Waals surface area contributed by atoms with Crippen LogP contribution in [0.25, 0.3) is 0 Å². The number of carbonyl (C=O) groups is 2. The number of ether oxygens (including phenoxy) is 1. The topological polar surface area (TPSA) is 67.4 Å². The van der Waals surface area contributed by atoms with Crippen LogP contribution in [0.1, 0.15) is 24.5 Å². The third-order valence-corrected chi connectivity index (χ3v) is 6.39. The number of rotatable bonds is 9. The van der Waals surface area contributed by atoms with Crippen molar-refractivity contribution in [3.63, 3.8) is 0 Å². The molecule has 5 nitrogen and oxygen atoms in total. The standard InChI is InChI=1S/C26H28N2O3S/c1-4-24(26(30)28-23-15-8-10-18(2)19(23)3)32-22-14-9-11-20(16-22)27-25(29)17-31-21-12-6-5-7-13-21/h5-16,24H,4,17H2,1-3H3,(H,27,29)(H,28,30). The lowest BCUT2D eigenvalue weighted by molar-refractivity contribution is -0.118. The van der Waals surface area contributed by atoms with E-state index >= 15 is 0 Å². The summed E-state index contributed by atoms with van der Waals surface area (Å²) >= 11 is 1.48. The molecule has 0 heterocycles. The molecule has 3 aromatic carbocycles. The second-order valence-corrected chi connectivity index (χ2v) is 8.71. The Hall–Kier alpha value is -3.25. The molecule has 0 bridgehead atoms. The van der Waals surface area contributed by atoms with Gasteiger partial charge in [-0.05, 0) is 67.8 Å². The first kappa shape index (κ1) is 23.4. The van der Waals surface area contributed by atoms with Crippen molar-refractivity contribution in [2.75, 3.05) is 17.2 Å². The summed E-state index contributed by atoms with van der Waals surface area (Å²) < 4.78 is 5.49. The predicted molar refractivity (Wildman–Crippen MR) is 131 cm³/mol. The number of thioether (sulfide) groups is 1. The highest BCUT2D eigenvalue weighted by atomic mass is 32.2. The van der Waals surface area contributed by atoms with Crippen LogP contribution in [0.3, 0.4) is 0 Å². The largest absolute Gasteiger partial charge is 0.484 e. The number of amides is 2. The second kappa shape index (κ2) is 11.4. The maximum atomic E-state index is 12.9. The first-order chi connectivity index (χ1) is 15.5. The van der Waals surface area contributed by atoms with Gasteiger partial charge in [0.15, 0.2) is 6.61 Å². The summed E-state index contributed by atoms with van der Waals surface area (Å²) in [6.07, 6.45) is 0.683. The molecule has 166 valence electrons. The average Bonchev–Trinajstić information content (AvgIpc) is 2.80. The highest BCUT2D eigenvalue weighted by molar-refractivity contribution is 8.00. The van der Waals surface area contributed by atoms with Crippen LogP contribution < -0.4 is 15.4 Å². The molecule has 0 saturated heterocycles. The fraction of sp³-hybridized carbons (Fsp3) is 0.231. The zero-order chi connectivity index (χ0) is 22.9. The number of nitrogens with one attached hydrogen (secondary N) is 2. The van der Waals surface area contributed by atoms with Gasteiger partial charge in [0.25, 0.3) is 5.91 Å². The van der Waals surface area contributed by atoms with Crippen LogP contribution in [0, 0.1) is 13.8 Å². The van der Waals surface area contributed by atoms with Gasteiger partial charge < -0.3 is 15.4 Å². The Morgan fingerprint density at radius 2 is 1.69 bits per heavy atom. The van der Waals surface area contributed by atoms with E-state index < -0.39 is 0 Å². The van der Waals surface area contributed by atoms with E-state index in [1.807, 2.05) is 81.4 Å². The first-order valence-corrected chi connectivity index (χ1v) is 11.5. The van der Waals surface area contributed by atoms with Crippen LogP contribution in [0.5, 0.6) is 5.75 Å². The lowest BCUT2D eigenvalue weighted by atomic mass is 10.1. The van der Waals surface area contributed by atoms with E-state index in [9.17, 15) is 9.59 Å². The van der Waals surface area contributed by atoms with E-state index in [0.29, 0.717) is 17.9 Å². The van der Waals surface area contributed by atoms with Crippen molar-refractivity contribution < 1.29 is 14.3 Å². The molecule has 6 heteroatoms. The van der Waals surface area contributed by atoms with Crippen LogP contribution >= 0.6 is 11.8 Å². The Bertz CT molecular complexity index is 1070. The van der Waals surface area contributed by atoms with E-state index in [0.717, 1.165) is 21.7 Å². The number of hydrogen-bond acceptors (Lipinski definition) is 4. The van der Waals surface area contributed by atoms with Crippen molar-refractivity contribution in [3.05, 3.63) is 83.9 Å². The molecular formula is C26H28N2O3S. The quantitative estimate of drug-likeness (QED) is 0.404. The van der Waals surface area contributed by atoms with Crippen molar-refractivity contribution in [3.8, 4) is 5.75 Å². The van der Waals surface area contributed by atoms with Gasteiger partial charge in [0, 0.05) is 16.3 Å². The summed E-state index contributed by atoms with van der Waals surface area (Å²) in [7, 11) is 0. The minimum Gasteiger partial charge on any atom is -0.484 e. The minimum atomic E-state index is -0.248. The second-order valence-electron chi connectivity index (χ2n) is 7.43. The van der Waals surface area contributed by atoms with Gasteiger partial charge >= 0.3 is 0 Å². The third kappa shape index (κ3) is 6.62. The van der Waals surface area contributed by atoms with E-state index in [2.05, 4.69) is 10.6 Å². The number of anilines is 2. The van der Waals surface area contributed by atoms with Crippen molar-refractivity contribution in [2.45, 2.75) is 37.3 Å². The van der Waals surface area contributed by atoms with Crippen LogP contribution in [0.15, 0.2) is 77.7 Å². The van der Waals surface area contributed by atoms with Gasteiger partial charge in [-0.2, -0.15) is 0 Å². The predicted octanol–water partition coefficient (Wildman–Crippen LogP) is 5.83. The molecule has 0 aromatic heterocycles. The molecule has 0 saturated carbocycles. The number of hydrogen-bond donors (Lipinski definition) is 2. The van der Waals surface area contributed by atoms with Gasteiger partial charge in [0.1, 0.15) is 5.75 Å². The van der Waals surface area contributed by atoms with Gasteiger partial charge in [-0.3, -0.25) is 9.59 Å². The maximum Gasteiger partial charge on any atom is 0.262 e. The number of para-hydroxylation sites is 1. The van der Waals surface area contributed by atoms with Gasteiger partial charge in [-0.25, -0.2) is 0 Å². The molecule has 3 rings (SSSR count). The fourth-order valence-corrected chi connectivity index (χ4v) is 4.11. The molecule has 0 aliphatic heterocycles. The number of benzene rings is 3. The Balaban J connectivity index is 1.59. The lowest BCUT2D eigenvalue weighted by Gasteiger charge is -2.17. The average molecular weight is 449 g/mol. The number of carbonyl (C=O) groups excluding carboxylic acids is 2. The summed E-state index contributed by atoms with van der Waals surface area (Å²) in [4.78, 5) is 26.0. The Morgan fingerprint density at radius 1 is 0.938 bits per heavy atom. The summed E-state index contributed by atoms with van der Waals surface area (Å²) in [5, 5.41) is 5.66. The Labute approximate surface area is 193 Å². The van der Waals surface area contributed by atoms with Crippen LogP contribution in [0.2, 0.25) is 0 Å².